The summed E-state index contributed by atoms with van der Waals surface area (Å²) in [6.07, 6.45) is 3.07. The molecule has 3 saturated carbocycles. The van der Waals surface area contributed by atoms with E-state index < -0.39 is 0 Å². The van der Waals surface area contributed by atoms with Crippen LogP contribution in [0.5, 0.6) is 0 Å². The van der Waals surface area contributed by atoms with Crippen molar-refractivity contribution in [1.82, 2.24) is 0 Å². The Morgan fingerprint density at radius 3 is 2.62 bits per heavy atom. The van der Waals surface area contributed by atoms with E-state index >= 15 is 0 Å². The molecule has 0 bridgehead atoms. The molecule has 0 radical (unpaired) electrons. The van der Waals surface area contributed by atoms with Gasteiger partial charge in [-0.1, -0.05) is 0 Å². The van der Waals surface area contributed by atoms with Crippen molar-refractivity contribution in [2.24, 2.45) is 35.5 Å². The number of hydrogen-bond donors (Lipinski definition) is 1. The Morgan fingerprint density at radius 1 is 0.846 bits per heavy atom. The first-order valence-electron chi connectivity index (χ1n) is 5.71. The number of aliphatic hydroxyl groups excluding tert-OH is 1. The van der Waals surface area contributed by atoms with Crippen LogP contribution in [0, 0.1) is 35.5 Å². The first kappa shape index (κ1) is 6.73. The molecule has 0 aromatic carbocycles. The Labute approximate surface area is 82.3 Å². The van der Waals surface area contributed by atoms with Crippen LogP contribution < -0.4 is 0 Å². The lowest BCUT2D eigenvalue weighted by Crippen LogP contribution is -2.54. The van der Waals surface area contributed by atoms with Crippen molar-refractivity contribution in [3.63, 3.8) is 0 Å². The minimum absolute atomic E-state index is 0.118. The van der Waals surface area contributed by atoms with Gasteiger partial charge in [0.25, 0.3) is 0 Å². The molecule has 1 nitrogen and oxygen atoms in total. The van der Waals surface area contributed by atoms with Crippen LogP contribution in [0.25, 0.3) is 0 Å². The van der Waals surface area contributed by atoms with Crippen LogP contribution in [0.4, 0.5) is 0 Å². The highest BCUT2D eigenvalue weighted by atomic mass is 32.2. The Hall–Kier alpha value is 0.310. The van der Waals surface area contributed by atoms with Gasteiger partial charge in [0.1, 0.15) is 0 Å². The molecule has 0 amide bonds. The van der Waals surface area contributed by atoms with Gasteiger partial charge in [-0.05, 0) is 36.5 Å². The molecule has 0 spiro atoms. The third kappa shape index (κ3) is 0.460. The zero-order chi connectivity index (χ0) is 8.32. The summed E-state index contributed by atoms with van der Waals surface area (Å²) in [5.41, 5.74) is 0. The van der Waals surface area contributed by atoms with E-state index in [0.717, 1.165) is 46.0 Å². The van der Waals surface area contributed by atoms with Gasteiger partial charge in [-0.15, -0.1) is 0 Å². The molecule has 1 heterocycles. The minimum atomic E-state index is 0.118. The molecule has 0 aromatic heterocycles. The van der Waals surface area contributed by atoms with Crippen LogP contribution in [0.3, 0.4) is 0 Å². The molecule has 1 saturated heterocycles. The predicted octanol–water partition coefficient (Wildman–Crippen LogP) is 1.36. The van der Waals surface area contributed by atoms with Crippen LogP contribution in [0.2, 0.25) is 0 Å². The molecular formula is C11H14OS. The maximum absolute atomic E-state index is 10.2. The van der Waals surface area contributed by atoms with E-state index in [4.69, 9.17) is 0 Å². The van der Waals surface area contributed by atoms with Gasteiger partial charge in [0.05, 0.1) is 6.10 Å². The van der Waals surface area contributed by atoms with E-state index in [1.54, 1.807) is 0 Å². The number of rotatable bonds is 0. The average molecular weight is 194 g/mol. The van der Waals surface area contributed by atoms with Gasteiger partial charge in [-0.3, -0.25) is 0 Å². The molecule has 1 N–H and O–H groups in total. The van der Waals surface area contributed by atoms with Crippen molar-refractivity contribution in [1.29, 1.82) is 0 Å². The van der Waals surface area contributed by atoms with E-state index in [9.17, 15) is 5.11 Å². The second-order valence-corrected chi connectivity index (χ2v) is 7.13. The number of fused-ring (bicyclic) bond motifs is 9. The second kappa shape index (κ2) is 1.71. The zero-order valence-corrected chi connectivity index (χ0v) is 8.28. The third-order valence-electron chi connectivity index (χ3n) is 5.87. The lowest BCUT2D eigenvalue weighted by Gasteiger charge is -2.53. The monoisotopic (exact) mass is 194 g/mol. The third-order valence-corrected chi connectivity index (χ3v) is 7.79. The van der Waals surface area contributed by atoms with Crippen molar-refractivity contribution in [2.45, 2.75) is 29.4 Å². The molecule has 0 unspecified atom stereocenters. The van der Waals surface area contributed by atoms with Gasteiger partial charge in [0, 0.05) is 22.3 Å². The van der Waals surface area contributed by atoms with Crippen LogP contribution >= 0.6 is 11.8 Å². The number of hydrogen-bond acceptors (Lipinski definition) is 2. The van der Waals surface area contributed by atoms with E-state index in [0.29, 0.717) is 0 Å². The van der Waals surface area contributed by atoms with Crippen LogP contribution in [-0.2, 0) is 0 Å². The van der Waals surface area contributed by atoms with Crippen molar-refractivity contribution in [3.8, 4) is 0 Å². The van der Waals surface area contributed by atoms with E-state index in [2.05, 4.69) is 11.8 Å². The maximum Gasteiger partial charge on any atom is 0.0623 e. The molecule has 0 aromatic rings. The highest BCUT2D eigenvalue weighted by molar-refractivity contribution is 8.01. The first-order valence-corrected chi connectivity index (χ1v) is 6.66. The van der Waals surface area contributed by atoms with Crippen molar-refractivity contribution in [3.05, 3.63) is 0 Å². The van der Waals surface area contributed by atoms with Gasteiger partial charge in [-0.2, -0.15) is 11.8 Å². The van der Waals surface area contributed by atoms with E-state index in [-0.39, 0.29) is 6.10 Å². The summed E-state index contributed by atoms with van der Waals surface area (Å²) in [5.74, 6) is 5.50. The summed E-state index contributed by atoms with van der Waals surface area (Å²) in [5, 5.41) is 12.0. The molecule has 4 aliphatic rings. The average Bonchev–Trinajstić information content (AvgIpc) is 2.42. The predicted molar refractivity (Wildman–Crippen MR) is 51.3 cm³/mol. The van der Waals surface area contributed by atoms with Crippen LogP contribution in [0.15, 0.2) is 0 Å². The van der Waals surface area contributed by atoms with Gasteiger partial charge in [-0.25, -0.2) is 0 Å². The fourth-order valence-corrected chi connectivity index (χ4v) is 8.23. The quantitative estimate of drug-likeness (QED) is 0.588. The summed E-state index contributed by atoms with van der Waals surface area (Å²) in [6, 6.07) is 0. The van der Waals surface area contributed by atoms with Crippen molar-refractivity contribution >= 4 is 11.8 Å². The van der Waals surface area contributed by atoms with Gasteiger partial charge < -0.3 is 5.11 Å². The largest absolute Gasteiger partial charge is 0.392 e. The molecule has 13 heavy (non-hydrogen) atoms. The van der Waals surface area contributed by atoms with Gasteiger partial charge in [0.15, 0.2) is 0 Å². The Kier molecular flexibility index (Phi) is 0.887. The van der Waals surface area contributed by atoms with Gasteiger partial charge in [0.2, 0.25) is 0 Å². The first-order chi connectivity index (χ1) is 6.38. The summed E-state index contributed by atoms with van der Waals surface area (Å²) in [4.78, 5) is 0. The summed E-state index contributed by atoms with van der Waals surface area (Å²) in [6.45, 7) is 0. The normalized spacial score (nSPS) is 80.5. The number of thioether (sulfide) groups is 1. The fraction of sp³-hybridized carbons (Fsp3) is 1.00. The van der Waals surface area contributed by atoms with Crippen molar-refractivity contribution in [2.75, 3.05) is 0 Å². The smallest absolute Gasteiger partial charge is 0.0623 e. The molecule has 3 aliphatic carbocycles. The standard InChI is InChI=1S/C11H14OS/c12-9-7-3-1-2-4-6-5(3)8(9)11(6)13-10(4)7/h3-12H,1-2H2/t3-,4+,5+,6+,7+,8+,9-,10-,11+/m1/s1. The fourth-order valence-electron chi connectivity index (χ4n) is 5.72. The zero-order valence-electron chi connectivity index (χ0n) is 7.47. The molecule has 4 fully saturated rings. The summed E-state index contributed by atoms with van der Waals surface area (Å²) >= 11 is 2.27. The lowest BCUT2D eigenvalue weighted by molar-refractivity contribution is -0.0354. The van der Waals surface area contributed by atoms with Crippen LogP contribution in [-0.4, -0.2) is 21.7 Å². The SMILES string of the molecule is O[C@@H]1[C@@H]2[C@@H]3CC[C@@H]4[C@H]2S[C@H]2[C@@H]4[C@H]3[C@@H]12. The molecule has 70 valence electrons. The summed E-state index contributed by atoms with van der Waals surface area (Å²) in [7, 11) is 0. The molecule has 4 rings (SSSR count). The van der Waals surface area contributed by atoms with Crippen molar-refractivity contribution < 1.29 is 5.11 Å². The highest BCUT2D eigenvalue weighted by Gasteiger charge is 2.78. The van der Waals surface area contributed by atoms with Crippen LogP contribution in [0.1, 0.15) is 12.8 Å². The molecular weight excluding hydrogens is 180 g/mol. The molecule has 9 atom stereocenters. The lowest BCUT2D eigenvalue weighted by atomic mass is 9.50. The van der Waals surface area contributed by atoms with Gasteiger partial charge >= 0.3 is 0 Å². The number of aliphatic hydroxyl groups is 1. The Balaban J connectivity index is 1.79. The second-order valence-electron chi connectivity index (χ2n) is 5.77. The molecule has 1 aliphatic heterocycles. The maximum atomic E-state index is 10.2. The highest BCUT2D eigenvalue weighted by Crippen LogP contribution is 2.79. The summed E-state index contributed by atoms with van der Waals surface area (Å²) < 4.78 is 0. The molecule has 2 heteroatoms. The Bertz CT molecular complexity index is 292. The topological polar surface area (TPSA) is 20.2 Å². The van der Waals surface area contributed by atoms with E-state index in [1.807, 2.05) is 0 Å². The minimum Gasteiger partial charge on any atom is -0.392 e. The van der Waals surface area contributed by atoms with E-state index in [1.165, 1.54) is 12.8 Å². The Morgan fingerprint density at radius 2 is 1.69 bits per heavy atom.